The van der Waals surface area contributed by atoms with E-state index in [-0.39, 0.29) is 23.3 Å². The van der Waals surface area contributed by atoms with E-state index in [1.165, 1.54) is 19.3 Å². The molecule has 1 atom stereocenters. The van der Waals surface area contributed by atoms with Gasteiger partial charge in [-0.25, -0.2) is 0 Å². The predicted molar refractivity (Wildman–Crippen MR) is 87.0 cm³/mol. The van der Waals surface area contributed by atoms with Gasteiger partial charge in [0.15, 0.2) is 0 Å². The topological polar surface area (TPSA) is 61.9 Å². The molecule has 130 valence electrons. The first-order valence-electron chi connectivity index (χ1n) is 8.93. The maximum atomic E-state index is 12.6. The van der Waals surface area contributed by atoms with Gasteiger partial charge in [-0.15, -0.1) is 0 Å². The Labute approximate surface area is 138 Å². The van der Waals surface area contributed by atoms with Crippen LogP contribution in [0.2, 0.25) is 0 Å². The molecule has 3 fully saturated rings. The Morgan fingerprint density at radius 1 is 1.30 bits per heavy atom. The fourth-order valence-corrected chi connectivity index (χ4v) is 3.75. The summed E-state index contributed by atoms with van der Waals surface area (Å²) in [6.07, 6.45) is 6.37. The molecule has 1 aliphatic carbocycles. The van der Waals surface area contributed by atoms with Gasteiger partial charge >= 0.3 is 0 Å². The maximum Gasteiger partial charge on any atom is 0.225 e. The summed E-state index contributed by atoms with van der Waals surface area (Å²) in [6, 6.07) is 0. The van der Waals surface area contributed by atoms with Crippen LogP contribution < -0.4 is 5.32 Å². The normalized spacial score (nSPS) is 27.3. The standard InChI is InChI=1S/C17H29N3O3/c1-23-10-9-20-12-14(11-15(20)21)16(22)18-17(5-6-17)13-19-7-3-2-4-8-19/h14H,2-13H2,1H3,(H,18,22). The Morgan fingerprint density at radius 3 is 2.70 bits per heavy atom. The van der Waals surface area contributed by atoms with Gasteiger partial charge in [-0.05, 0) is 38.8 Å². The lowest BCUT2D eigenvalue weighted by Gasteiger charge is -2.31. The highest BCUT2D eigenvalue weighted by molar-refractivity contribution is 5.89. The van der Waals surface area contributed by atoms with Crippen LogP contribution in [0.3, 0.4) is 0 Å². The molecule has 6 nitrogen and oxygen atoms in total. The molecule has 6 heteroatoms. The van der Waals surface area contributed by atoms with Gasteiger partial charge in [-0.3, -0.25) is 9.59 Å². The first-order valence-corrected chi connectivity index (χ1v) is 8.93. The van der Waals surface area contributed by atoms with E-state index in [4.69, 9.17) is 4.74 Å². The zero-order valence-corrected chi connectivity index (χ0v) is 14.2. The predicted octanol–water partition coefficient (Wildman–Crippen LogP) is 0.616. The van der Waals surface area contributed by atoms with Gasteiger partial charge in [0.2, 0.25) is 11.8 Å². The first-order chi connectivity index (χ1) is 11.1. The summed E-state index contributed by atoms with van der Waals surface area (Å²) in [7, 11) is 1.63. The third kappa shape index (κ3) is 4.23. The van der Waals surface area contributed by atoms with Crippen molar-refractivity contribution in [2.24, 2.45) is 5.92 Å². The van der Waals surface area contributed by atoms with E-state index >= 15 is 0 Å². The van der Waals surface area contributed by atoms with Crippen molar-refractivity contribution >= 4 is 11.8 Å². The smallest absolute Gasteiger partial charge is 0.225 e. The number of nitrogens with one attached hydrogen (secondary N) is 1. The number of hydrogen-bond donors (Lipinski definition) is 1. The number of methoxy groups -OCH3 is 1. The van der Waals surface area contributed by atoms with Crippen LogP contribution in [0.15, 0.2) is 0 Å². The molecule has 0 bridgehead atoms. The van der Waals surface area contributed by atoms with E-state index in [1.807, 2.05) is 0 Å². The van der Waals surface area contributed by atoms with Crippen molar-refractivity contribution in [1.82, 2.24) is 15.1 Å². The highest BCUT2D eigenvalue weighted by atomic mass is 16.5. The largest absolute Gasteiger partial charge is 0.383 e. The number of hydrogen-bond acceptors (Lipinski definition) is 4. The summed E-state index contributed by atoms with van der Waals surface area (Å²) in [5, 5.41) is 3.26. The Bertz CT molecular complexity index is 444. The summed E-state index contributed by atoms with van der Waals surface area (Å²) in [6.45, 7) is 4.94. The van der Waals surface area contributed by atoms with E-state index in [2.05, 4.69) is 10.2 Å². The minimum atomic E-state index is -0.196. The molecule has 1 unspecified atom stereocenters. The van der Waals surface area contributed by atoms with Crippen LogP contribution in [0.5, 0.6) is 0 Å². The SMILES string of the molecule is COCCN1CC(C(=O)NC2(CN3CCCCC3)CC2)CC1=O. The van der Waals surface area contributed by atoms with Gasteiger partial charge in [-0.2, -0.15) is 0 Å². The van der Waals surface area contributed by atoms with Crippen molar-refractivity contribution in [3.05, 3.63) is 0 Å². The van der Waals surface area contributed by atoms with Crippen LogP contribution in [0.1, 0.15) is 38.5 Å². The van der Waals surface area contributed by atoms with Crippen molar-refractivity contribution in [1.29, 1.82) is 0 Å². The van der Waals surface area contributed by atoms with E-state index in [0.29, 0.717) is 26.1 Å². The second kappa shape index (κ2) is 7.18. The number of likely N-dealkylation sites (tertiary alicyclic amines) is 2. The monoisotopic (exact) mass is 323 g/mol. The third-order valence-electron chi connectivity index (χ3n) is 5.37. The summed E-state index contributed by atoms with van der Waals surface area (Å²) >= 11 is 0. The van der Waals surface area contributed by atoms with Crippen molar-refractivity contribution < 1.29 is 14.3 Å². The molecule has 0 spiro atoms. The molecule has 2 saturated heterocycles. The lowest BCUT2D eigenvalue weighted by atomic mass is 10.1. The molecule has 1 N–H and O–H groups in total. The lowest BCUT2D eigenvalue weighted by Crippen LogP contribution is -2.49. The zero-order chi connectivity index (χ0) is 16.3. The molecular formula is C17H29N3O3. The fraction of sp³-hybridized carbons (Fsp3) is 0.882. The molecular weight excluding hydrogens is 294 g/mol. The van der Waals surface area contributed by atoms with Crippen LogP contribution in [0, 0.1) is 5.92 Å². The Balaban J connectivity index is 1.48. The van der Waals surface area contributed by atoms with Gasteiger partial charge < -0.3 is 19.9 Å². The van der Waals surface area contributed by atoms with Crippen LogP contribution in [0.4, 0.5) is 0 Å². The van der Waals surface area contributed by atoms with Gasteiger partial charge in [0, 0.05) is 33.2 Å². The van der Waals surface area contributed by atoms with Gasteiger partial charge in [-0.1, -0.05) is 6.42 Å². The molecule has 0 aromatic rings. The van der Waals surface area contributed by atoms with Crippen molar-refractivity contribution in [3.8, 4) is 0 Å². The molecule has 3 rings (SSSR count). The van der Waals surface area contributed by atoms with E-state index < -0.39 is 0 Å². The van der Waals surface area contributed by atoms with Crippen molar-refractivity contribution in [2.45, 2.75) is 44.1 Å². The molecule has 3 aliphatic rings. The Morgan fingerprint density at radius 2 is 2.04 bits per heavy atom. The summed E-state index contributed by atoms with van der Waals surface area (Å²) in [5.74, 6) is -0.0611. The minimum Gasteiger partial charge on any atom is -0.383 e. The van der Waals surface area contributed by atoms with Crippen LogP contribution >= 0.6 is 0 Å². The number of piperidine rings is 1. The molecule has 2 amide bonds. The zero-order valence-electron chi connectivity index (χ0n) is 14.2. The molecule has 0 aromatic carbocycles. The van der Waals surface area contributed by atoms with Crippen molar-refractivity contribution in [3.63, 3.8) is 0 Å². The molecule has 2 aliphatic heterocycles. The number of carbonyl (C=O) groups is 2. The fourth-order valence-electron chi connectivity index (χ4n) is 3.75. The van der Waals surface area contributed by atoms with E-state index in [9.17, 15) is 9.59 Å². The quantitative estimate of drug-likeness (QED) is 0.746. The second-order valence-electron chi connectivity index (χ2n) is 7.34. The molecule has 0 radical (unpaired) electrons. The average Bonchev–Trinajstić information content (AvgIpc) is 3.18. The molecule has 0 aromatic heterocycles. The first kappa shape index (κ1) is 16.7. The summed E-state index contributed by atoms with van der Waals surface area (Å²) < 4.78 is 5.02. The number of ether oxygens (including phenoxy) is 1. The van der Waals surface area contributed by atoms with Gasteiger partial charge in [0.05, 0.1) is 18.1 Å². The second-order valence-corrected chi connectivity index (χ2v) is 7.34. The molecule has 2 heterocycles. The maximum absolute atomic E-state index is 12.6. The Kier molecular flexibility index (Phi) is 5.21. The third-order valence-corrected chi connectivity index (χ3v) is 5.37. The number of amides is 2. The molecule has 1 saturated carbocycles. The van der Waals surface area contributed by atoms with Crippen molar-refractivity contribution in [2.75, 3.05) is 46.4 Å². The van der Waals surface area contributed by atoms with E-state index in [1.54, 1.807) is 12.0 Å². The van der Waals surface area contributed by atoms with Gasteiger partial charge in [0.1, 0.15) is 0 Å². The number of rotatable bonds is 7. The van der Waals surface area contributed by atoms with Gasteiger partial charge in [0.25, 0.3) is 0 Å². The van der Waals surface area contributed by atoms with E-state index in [0.717, 1.165) is 32.5 Å². The lowest BCUT2D eigenvalue weighted by molar-refractivity contribution is -0.129. The number of carbonyl (C=O) groups excluding carboxylic acids is 2. The summed E-state index contributed by atoms with van der Waals surface area (Å²) in [5.41, 5.74) is -0.0164. The van der Waals surface area contributed by atoms with Crippen LogP contribution in [0.25, 0.3) is 0 Å². The average molecular weight is 323 g/mol. The summed E-state index contributed by atoms with van der Waals surface area (Å²) in [4.78, 5) is 28.8. The highest BCUT2D eigenvalue weighted by Crippen LogP contribution is 2.37. The molecule has 23 heavy (non-hydrogen) atoms. The highest BCUT2D eigenvalue weighted by Gasteiger charge is 2.47. The minimum absolute atomic E-state index is 0.0164. The number of nitrogens with zero attached hydrogens (tertiary/aromatic N) is 2. The van der Waals surface area contributed by atoms with Crippen LogP contribution in [-0.2, 0) is 14.3 Å². The Hall–Kier alpha value is -1.14. The van der Waals surface area contributed by atoms with Crippen LogP contribution in [-0.4, -0.2) is 73.6 Å².